The molecule has 1 N–H and O–H groups in total. The molecule has 8 nitrogen and oxygen atoms in total. The minimum Gasteiger partial charge on any atom is -0.497 e. The molecule has 37 heavy (non-hydrogen) atoms. The molecular formula is C27H36ClN3O5S. The van der Waals surface area contributed by atoms with E-state index < -0.39 is 16.1 Å². The van der Waals surface area contributed by atoms with Crippen molar-refractivity contribution in [3.8, 4) is 5.75 Å². The van der Waals surface area contributed by atoms with Crippen LogP contribution in [0.5, 0.6) is 5.75 Å². The average molecular weight is 550 g/mol. The number of hydrogen-bond donors (Lipinski definition) is 1. The van der Waals surface area contributed by atoms with E-state index in [2.05, 4.69) is 5.32 Å². The van der Waals surface area contributed by atoms with E-state index in [4.69, 9.17) is 16.3 Å². The highest BCUT2D eigenvalue weighted by Gasteiger charge is 2.28. The summed E-state index contributed by atoms with van der Waals surface area (Å²) in [5.74, 6) is 0.212. The molecule has 0 radical (unpaired) electrons. The molecule has 0 aliphatic heterocycles. The lowest BCUT2D eigenvalue weighted by Crippen LogP contribution is -2.49. The summed E-state index contributed by atoms with van der Waals surface area (Å²) in [6.45, 7) is 2.09. The zero-order chi connectivity index (χ0) is 27.0. The number of nitrogens with one attached hydrogen (secondary N) is 1. The monoisotopic (exact) mass is 549 g/mol. The van der Waals surface area contributed by atoms with Gasteiger partial charge in [-0.2, -0.15) is 0 Å². The third kappa shape index (κ3) is 8.36. The first-order valence-corrected chi connectivity index (χ1v) is 14.8. The van der Waals surface area contributed by atoms with Crippen LogP contribution in [0.15, 0.2) is 48.5 Å². The molecule has 2 aromatic rings. The van der Waals surface area contributed by atoms with Gasteiger partial charge in [0.1, 0.15) is 11.8 Å². The van der Waals surface area contributed by atoms with Crippen molar-refractivity contribution in [3.05, 3.63) is 59.1 Å². The van der Waals surface area contributed by atoms with Gasteiger partial charge in [0, 0.05) is 30.6 Å². The van der Waals surface area contributed by atoms with Crippen LogP contribution < -0.4 is 14.4 Å². The Morgan fingerprint density at radius 3 is 2.41 bits per heavy atom. The molecule has 0 spiro atoms. The zero-order valence-electron chi connectivity index (χ0n) is 21.7. The third-order valence-corrected chi connectivity index (χ3v) is 8.05. The van der Waals surface area contributed by atoms with Crippen molar-refractivity contribution in [2.24, 2.45) is 0 Å². The van der Waals surface area contributed by atoms with Gasteiger partial charge in [0.05, 0.1) is 19.1 Å². The number of ether oxygens (including phenoxy) is 1. The topological polar surface area (TPSA) is 96.0 Å². The first-order chi connectivity index (χ1) is 17.6. The van der Waals surface area contributed by atoms with Gasteiger partial charge in [0.2, 0.25) is 21.8 Å². The first-order valence-electron chi connectivity index (χ1n) is 12.5. The zero-order valence-corrected chi connectivity index (χ0v) is 23.2. The standard InChI is InChI=1S/C27H36ClN3O5S/c1-20(27(33)29-23-10-4-5-11-23)30(19-21-8-6-9-22(28)18-21)26(32)12-7-17-31(37(3,34)35)24-13-15-25(36-2)16-14-24/h6,8-9,13-16,18,20,23H,4-5,7,10-12,17,19H2,1-3H3,(H,29,33). The lowest BCUT2D eigenvalue weighted by molar-refractivity contribution is -0.141. The average Bonchev–Trinajstić information content (AvgIpc) is 3.37. The Balaban J connectivity index is 1.71. The second kappa shape index (κ2) is 13.1. The fourth-order valence-corrected chi connectivity index (χ4v) is 5.74. The number of rotatable bonds is 12. The Morgan fingerprint density at radius 1 is 1.14 bits per heavy atom. The van der Waals surface area contributed by atoms with Crippen LogP contribution in [0.3, 0.4) is 0 Å². The van der Waals surface area contributed by atoms with Crippen molar-refractivity contribution in [2.75, 3.05) is 24.2 Å². The molecule has 1 fully saturated rings. The molecule has 0 saturated heterocycles. The number of halogens is 1. The maximum Gasteiger partial charge on any atom is 0.242 e. The van der Waals surface area contributed by atoms with E-state index >= 15 is 0 Å². The maximum absolute atomic E-state index is 13.4. The fourth-order valence-electron chi connectivity index (χ4n) is 4.56. The lowest BCUT2D eigenvalue weighted by atomic mass is 10.1. The minimum absolute atomic E-state index is 0.0871. The molecule has 1 unspecified atom stereocenters. The first kappa shape index (κ1) is 28.8. The summed E-state index contributed by atoms with van der Waals surface area (Å²) in [6.07, 6.45) is 5.61. The summed E-state index contributed by atoms with van der Waals surface area (Å²) in [5.41, 5.74) is 1.31. The number of hydrogen-bond acceptors (Lipinski definition) is 5. The number of sulfonamides is 1. The smallest absolute Gasteiger partial charge is 0.242 e. The predicted molar refractivity (Wildman–Crippen MR) is 146 cm³/mol. The lowest BCUT2D eigenvalue weighted by Gasteiger charge is -2.30. The quantitative estimate of drug-likeness (QED) is 0.424. The third-order valence-electron chi connectivity index (χ3n) is 6.62. The molecule has 10 heteroatoms. The van der Waals surface area contributed by atoms with E-state index in [0.717, 1.165) is 37.5 Å². The van der Waals surface area contributed by atoms with E-state index in [9.17, 15) is 18.0 Å². The van der Waals surface area contributed by atoms with Gasteiger partial charge < -0.3 is 15.0 Å². The van der Waals surface area contributed by atoms with Gasteiger partial charge in [-0.25, -0.2) is 8.42 Å². The number of anilines is 1. The van der Waals surface area contributed by atoms with Crippen molar-refractivity contribution in [1.82, 2.24) is 10.2 Å². The van der Waals surface area contributed by atoms with Crippen molar-refractivity contribution >= 4 is 39.1 Å². The van der Waals surface area contributed by atoms with Crippen LogP contribution in [0.1, 0.15) is 51.0 Å². The molecule has 1 atom stereocenters. The van der Waals surface area contributed by atoms with Gasteiger partial charge in [-0.05, 0) is 68.1 Å². The molecule has 1 aliphatic rings. The molecule has 1 saturated carbocycles. The molecular weight excluding hydrogens is 514 g/mol. The van der Waals surface area contributed by atoms with Crippen LogP contribution in [-0.2, 0) is 26.2 Å². The van der Waals surface area contributed by atoms with Crippen molar-refractivity contribution in [3.63, 3.8) is 0 Å². The molecule has 1 aliphatic carbocycles. The number of carbonyl (C=O) groups excluding carboxylic acids is 2. The van der Waals surface area contributed by atoms with Crippen LogP contribution in [0.2, 0.25) is 5.02 Å². The van der Waals surface area contributed by atoms with Crippen LogP contribution in [-0.4, -0.2) is 57.1 Å². The van der Waals surface area contributed by atoms with E-state index in [-0.39, 0.29) is 37.4 Å². The van der Waals surface area contributed by atoms with Gasteiger partial charge in [0.25, 0.3) is 0 Å². The van der Waals surface area contributed by atoms with Gasteiger partial charge in [-0.1, -0.05) is 36.6 Å². The van der Waals surface area contributed by atoms with Gasteiger partial charge in [-0.3, -0.25) is 13.9 Å². The summed E-state index contributed by atoms with van der Waals surface area (Å²) in [7, 11) is -2.02. The highest BCUT2D eigenvalue weighted by molar-refractivity contribution is 7.92. The molecule has 202 valence electrons. The van der Waals surface area contributed by atoms with E-state index in [1.165, 1.54) is 4.31 Å². The predicted octanol–water partition coefficient (Wildman–Crippen LogP) is 4.37. The molecule has 2 amide bonds. The van der Waals surface area contributed by atoms with Crippen molar-refractivity contribution in [2.45, 2.75) is 64.1 Å². The molecule has 0 bridgehead atoms. The fraction of sp³-hybridized carbons (Fsp3) is 0.481. The summed E-state index contributed by atoms with van der Waals surface area (Å²) in [6, 6.07) is 13.4. The summed E-state index contributed by atoms with van der Waals surface area (Å²) >= 11 is 6.15. The van der Waals surface area contributed by atoms with Crippen molar-refractivity contribution < 1.29 is 22.7 Å². The van der Waals surface area contributed by atoms with E-state index in [1.54, 1.807) is 55.3 Å². The second-order valence-electron chi connectivity index (χ2n) is 9.45. The number of methoxy groups -OCH3 is 1. The Hall–Kier alpha value is -2.78. The summed E-state index contributed by atoms with van der Waals surface area (Å²) in [5, 5.41) is 3.63. The highest BCUT2D eigenvalue weighted by Crippen LogP contribution is 2.23. The second-order valence-corrected chi connectivity index (χ2v) is 11.8. The Kier molecular flexibility index (Phi) is 10.2. The van der Waals surface area contributed by atoms with E-state index in [1.807, 2.05) is 12.1 Å². The van der Waals surface area contributed by atoms with E-state index in [0.29, 0.717) is 22.9 Å². The number of carbonyl (C=O) groups is 2. The van der Waals surface area contributed by atoms with Crippen LogP contribution in [0.4, 0.5) is 5.69 Å². The van der Waals surface area contributed by atoms with Gasteiger partial charge >= 0.3 is 0 Å². The molecule has 0 aromatic heterocycles. The largest absolute Gasteiger partial charge is 0.497 e. The highest BCUT2D eigenvalue weighted by atomic mass is 35.5. The number of nitrogens with zero attached hydrogens (tertiary/aromatic N) is 2. The van der Waals surface area contributed by atoms with Crippen LogP contribution in [0, 0.1) is 0 Å². The molecule has 3 rings (SSSR count). The molecule has 0 heterocycles. The Bertz CT molecular complexity index is 1170. The Morgan fingerprint density at radius 2 is 1.81 bits per heavy atom. The maximum atomic E-state index is 13.4. The van der Waals surface area contributed by atoms with Gasteiger partial charge in [-0.15, -0.1) is 0 Å². The Labute approximate surface area is 225 Å². The molecule has 2 aromatic carbocycles. The van der Waals surface area contributed by atoms with Crippen LogP contribution in [0.25, 0.3) is 0 Å². The summed E-state index contributed by atoms with van der Waals surface area (Å²) < 4.78 is 31.4. The minimum atomic E-state index is -3.56. The summed E-state index contributed by atoms with van der Waals surface area (Å²) in [4.78, 5) is 28.0. The van der Waals surface area contributed by atoms with Gasteiger partial charge in [0.15, 0.2) is 0 Å². The number of benzene rings is 2. The SMILES string of the molecule is COc1ccc(N(CCCC(=O)N(Cc2cccc(Cl)c2)C(C)C(=O)NC2CCCC2)S(C)(=O)=O)cc1. The number of amides is 2. The van der Waals surface area contributed by atoms with Crippen LogP contribution >= 0.6 is 11.6 Å². The normalized spacial score (nSPS) is 14.7. The van der Waals surface area contributed by atoms with Crippen molar-refractivity contribution in [1.29, 1.82) is 0 Å².